The molecule has 0 saturated carbocycles. The number of hydrogen-bond acceptors (Lipinski definition) is 4. The van der Waals surface area contributed by atoms with Crippen molar-refractivity contribution >= 4 is 28.4 Å². The summed E-state index contributed by atoms with van der Waals surface area (Å²) < 4.78 is 29.4. The number of nitrogens with one attached hydrogen (secondary N) is 1. The van der Waals surface area contributed by atoms with Crippen LogP contribution >= 0.6 is 22.6 Å². The minimum Gasteiger partial charge on any atom is -0.375 e. The molecule has 0 fully saturated rings. The molecule has 0 aliphatic carbocycles. The van der Waals surface area contributed by atoms with Crippen molar-refractivity contribution in [1.82, 2.24) is 9.97 Å². The van der Waals surface area contributed by atoms with Crippen LogP contribution in [0.1, 0.15) is 11.5 Å². The van der Waals surface area contributed by atoms with Crippen LogP contribution in [-0.4, -0.2) is 36.7 Å². The van der Waals surface area contributed by atoms with Crippen LogP contribution in [0.4, 0.5) is 14.6 Å². The number of hydrogen-bond donors (Lipinski definition) is 1. The minimum absolute atomic E-state index is 0.202. The van der Waals surface area contributed by atoms with Crippen molar-refractivity contribution in [3.63, 3.8) is 0 Å². The summed E-state index contributed by atoms with van der Waals surface area (Å²) in [5, 5.41) is 2.97. The second-order valence-electron chi connectivity index (χ2n) is 3.35. The van der Waals surface area contributed by atoms with E-state index in [0.29, 0.717) is 12.2 Å². The zero-order valence-electron chi connectivity index (χ0n) is 9.64. The van der Waals surface area contributed by atoms with E-state index in [9.17, 15) is 8.78 Å². The molecule has 0 amide bonds. The van der Waals surface area contributed by atoms with Gasteiger partial charge in [0.25, 0.3) is 6.43 Å². The van der Waals surface area contributed by atoms with Gasteiger partial charge in [-0.2, -0.15) is 0 Å². The van der Waals surface area contributed by atoms with Gasteiger partial charge < -0.3 is 10.1 Å². The van der Waals surface area contributed by atoms with Crippen molar-refractivity contribution in [2.75, 3.05) is 25.6 Å². The topological polar surface area (TPSA) is 47.0 Å². The smallest absolute Gasteiger partial charge is 0.261 e. The molecule has 0 bridgehead atoms. The van der Waals surface area contributed by atoms with Gasteiger partial charge in [-0.1, -0.05) is 0 Å². The van der Waals surface area contributed by atoms with Crippen molar-refractivity contribution < 1.29 is 13.5 Å². The summed E-state index contributed by atoms with van der Waals surface area (Å²) in [7, 11) is 1.78. The molecule has 1 heterocycles. The van der Waals surface area contributed by atoms with E-state index >= 15 is 0 Å². The van der Waals surface area contributed by atoms with E-state index in [0.717, 1.165) is 15.1 Å². The number of halogens is 3. The molecular formula is C10H14F2IN3O. The van der Waals surface area contributed by atoms with Crippen LogP contribution in [0.5, 0.6) is 0 Å². The maximum Gasteiger partial charge on any atom is 0.261 e. The second-order valence-corrected chi connectivity index (χ2v) is 4.43. The lowest BCUT2D eigenvalue weighted by Crippen LogP contribution is -2.11. The molecule has 1 aromatic heterocycles. The van der Waals surface area contributed by atoms with Crippen molar-refractivity contribution in [3.05, 3.63) is 15.1 Å². The molecule has 1 rings (SSSR count). The zero-order valence-corrected chi connectivity index (χ0v) is 11.8. The summed E-state index contributed by atoms with van der Waals surface area (Å²) in [6.45, 7) is 1.55. The molecule has 0 aromatic carbocycles. The van der Waals surface area contributed by atoms with E-state index in [1.807, 2.05) is 6.92 Å². The molecular weight excluding hydrogens is 343 g/mol. The first-order chi connectivity index (χ1) is 8.04. The van der Waals surface area contributed by atoms with Crippen LogP contribution in [0, 0.1) is 10.5 Å². The Bertz CT molecular complexity index is 377. The summed E-state index contributed by atoms with van der Waals surface area (Å²) >= 11 is 2.16. The maximum absolute atomic E-state index is 11.8. The van der Waals surface area contributed by atoms with E-state index < -0.39 is 13.0 Å². The Morgan fingerprint density at radius 3 is 2.71 bits per heavy atom. The summed E-state index contributed by atoms with van der Waals surface area (Å²) in [5.41, 5.74) is 0.869. The Kier molecular flexibility index (Phi) is 5.96. The number of aromatic nitrogens is 2. The Morgan fingerprint density at radius 2 is 2.12 bits per heavy atom. The fourth-order valence-electron chi connectivity index (χ4n) is 1.23. The molecule has 1 aromatic rings. The van der Waals surface area contributed by atoms with Gasteiger partial charge in [-0.3, -0.25) is 0 Å². The van der Waals surface area contributed by atoms with Crippen LogP contribution in [0.15, 0.2) is 0 Å². The molecule has 0 atom stereocenters. The van der Waals surface area contributed by atoms with Gasteiger partial charge in [0.15, 0.2) is 0 Å². The van der Waals surface area contributed by atoms with Crippen molar-refractivity contribution in [2.24, 2.45) is 0 Å². The highest BCUT2D eigenvalue weighted by Gasteiger charge is 2.08. The SMILES string of the molecule is CNc1nc(CCOCC(F)F)nc(C)c1I. The summed E-state index contributed by atoms with van der Waals surface area (Å²) in [6.07, 6.45) is -2.00. The van der Waals surface area contributed by atoms with Crippen molar-refractivity contribution in [3.8, 4) is 0 Å². The molecule has 0 saturated heterocycles. The number of nitrogens with zero attached hydrogens (tertiary/aromatic N) is 2. The molecule has 7 heteroatoms. The molecule has 4 nitrogen and oxygen atoms in total. The van der Waals surface area contributed by atoms with Crippen molar-refractivity contribution in [1.29, 1.82) is 0 Å². The molecule has 0 unspecified atom stereocenters. The first-order valence-corrected chi connectivity index (χ1v) is 6.19. The third kappa shape index (κ3) is 4.66. The van der Waals surface area contributed by atoms with Gasteiger partial charge >= 0.3 is 0 Å². The zero-order chi connectivity index (χ0) is 12.8. The highest BCUT2D eigenvalue weighted by molar-refractivity contribution is 14.1. The summed E-state index contributed by atoms with van der Waals surface area (Å²) in [6, 6.07) is 0. The standard InChI is InChI=1S/C10H14F2IN3O/c1-6-9(13)10(14-2)16-8(15-6)3-4-17-5-7(11)12/h7H,3-5H2,1-2H3,(H,14,15,16). The van der Waals surface area contributed by atoms with E-state index in [2.05, 4.69) is 37.9 Å². The number of aryl methyl sites for hydroxylation is 1. The van der Waals surface area contributed by atoms with E-state index in [1.54, 1.807) is 7.05 Å². The first-order valence-electron chi connectivity index (χ1n) is 5.11. The van der Waals surface area contributed by atoms with Gasteiger partial charge in [0, 0.05) is 13.5 Å². The number of alkyl halides is 2. The predicted molar refractivity (Wildman–Crippen MR) is 69.6 cm³/mol. The van der Waals surface area contributed by atoms with Gasteiger partial charge in [-0.05, 0) is 29.5 Å². The summed E-state index contributed by atoms with van der Waals surface area (Å²) in [5.74, 6) is 1.35. The largest absolute Gasteiger partial charge is 0.375 e. The van der Waals surface area contributed by atoms with Gasteiger partial charge in [0.2, 0.25) is 0 Å². The third-order valence-electron chi connectivity index (χ3n) is 2.01. The molecule has 0 spiro atoms. The summed E-state index contributed by atoms with van der Waals surface area (Å²) in [4.78, 5) is 8.54. The van der Waals surface area contributed by atoms with Crippen LogP contribution in [0.2, 0.25) is 0 Å². The molecule has 0 radical (unpaired) electrons. The fourth-order valence-corrected chi connectivity index (χ4v) is 1.74. The lowest BCUT2D eigenvalue weighted by molar-refractivity contribution is 0.0183. The molecule has 96 valence electrons. The Balaban J connectivity index is 2.57. The Labute approximate surface area is 112 Å². The molecule has 0 aliphatic rings. The Morgan fingerprint density at radius 1 is 1.41 bits per heavy atom. The highest BCUT2D eigenvalue weighted by atomic mass is 127. The fraction of sp³-hybridized carbons (Fsp3) is 0.600. The monoisotopic (exact) mass is 357 g/mol. The number of rotatable bonds is 6. The van der Waals surface area contributed by atoms with Crippen molar-refractivity contribution in [2.45, 2.75) is 19.8 Å². The van der Waals surface area contributed by atoms with E-state index in [4.69, 9.17) is 4.74 Å². The quantitative estimate of drug-likeness (QED) is 0.627. The lowest BCUT2D eigenvalue weighted by Gasteiger charge is -2.08. The van der Waals surface area contributed by atoms with Gasteiger partial charge in [-0.15, -0.1) is 0 Å². The van der Waals surface area contributed by atoms with Crippen LogP contribution in [0.25, 0.3) is 0 Å². The maximum atomic E-state index is 11.8. The normalized spacial score (nSPS) is 10.9. The molecule has 0 aliphatic heterocycles. The van der Waals surface area contributed by atoms with Crippen LogP contribution < -0.4 is 5.32 Å². The highest BCUT2D eigenvalue weighted by Crippen LogP contribution is 2.17. The molecule has 1 N–H and O–H groups in total. The van der Waals surface area contributed by atoms with E-state index in [1.165, 1.54) is 0 Å². The first kappa shape index (κ1) is 14.5. The number of ether oxygens (including phenoxy) is 1. The number of anilines is 1. The van der Waals surface area contributed by atoms with E-state index in [-0.39, 0.29) is 6.61 Å². The predicted octanol–water partition coefficient (Wildman–Crippen LogP) is 2.26. The second kappa shape index (κ2) is 7.00. The van der Waals surface area contributed by atoms with Crippen LogP contribution in [-0.2, 0) is 11.2 Å². The molecule has 17 heavy (non-hydrogen) atoms. The van der Waals surface area contributed by atoms with Gasteiger partial charge in [0.1, 0.15) is 18.2 Å². The Hall–Kier alpha value is -0.570. The average molecular weight is 357 g/mol. The van der Waals surface area contributed by atoms with Crippen LogP contribution in [0.3, 0.4) is 0 Å². The minimum atomic E-state index is -2.43. The lowest BCUT2D eigenvalue weighted by atomic mass is 10.3. The third-order valence-corrected chi connectivity index (χ3v) is 3.31. The van der Waals surface area contributed by atoms with Gasteiger partial charge in [-0.25, -0.2) is 18.7 Å². The van der Waals surface area contributed by atoms with Gasteiger partial charge in [0.05, 0.1) is 15.9 Å². The average Bonchev–Trinajstić information content (AvgIpc) is 2.28.